The van der Waals surface area contributed by atoms with Gasteiger partial charge in [0.1, 0.15) is 0 Å². The number of hydrogen-bond donors (Lipinski definition) is 1. The minimum atomic E-state index is 0.272. The van der Waals surface area contributed by atoms with Crippen LogP contribution < -0.4 is 10.6 Å². The van der Waals surface area contributed by atoms with Gasteiger partial charge in [-0.1, -0.05) is 28.9 Å². The molecule has 116 valence electrons. The summed E-state index contributed by atoms with van der Waals surface area (Å²) in [4.78, 5) is 2.65. The quantitative estimate of drug-likeness (QED) is 0.754. The van der Waals surface area contributed by atoms with E-state index in [4.69, 9.17) is 5.73 Å². The maximum atomic E-state index is 6.21. The highest BCUT2D eigenvalue weighted by atomic mass is 79.9. The zero-order valence-corrected chi connectivity index (χ0v) is 14.6. The lowest BCUT2D eigenvalue weighted by Gasteiger charge is -2.28. The molecule has 1 aromatic carbocycles. The smallest absolute Gasteiger partial charge is 0.0410 e. The Kier molecular flexibility index (Phi) is 4.90. The standard InChI is InChI=1S/C18H27BrN2/c1-2-17(20)9-15-7-8-16(19)10-18(15)21(11-13-3-4-13)12-14-5-6-14/h7-8,10,13-14,17H,2-6,9,11-12,20H2,1H3. The number of nitrogens with zero attached hydrogens (tertiary/aromatic N) is 1. The molecular weight excluding hydrogens is 324 g/mol. The highest BCUT2D eigenvalue weighted by Gasteiger charge is 2.30. The number of halogens is 1. The number of anilines is 1. The van der Waals surface area contributed by atoms with Crippen LogP contribution in [0.4, 0.5) is 5.69 Å². The number of rotatable bonds is 8. The normalized spacial score (nSPS) is 19.6. The van der Waals surface area contributed by atoms with Crippen molar-refractivity contribution in [3.63, 3.8) is 0 Å². The minimum absolute atomic E-state index is 0.272. The van der Waals surface area contributed by atoms with E-state index >= 15 is 0 Å². The molecule has 0 heterocycles. The van der Waals surface area contributed by atoms with Crippen LogP contribution in [0.25, 0.3) is 0 Å². The van der Waals surface area contributed by atoms with E-state index in [2.05, 4.69) is 46.0 Å². The van der Waals surface area contributed by atoms with E-state index in [1.54, 1.807) is 0 Å². The molecule has 1 unspecified atom stereocenters. The molecule has 21 heavy (non-hydrogen) atoms. The molecule has 2 N–H and O–H groups in total. The molecule has 1 aromatic rings. The lowest BCUT2D eigenvalue weighted by Crippen LogP contribution is -2.30. The summed E-state index contributed by atoms with van der Waals surface area (Å²) in [5.74, 6) is 1.85. The van der Waals surface area contributed by atoms with Gasteiger partial charge >= 0.3 is 0 Å². The lowest BCUT2D eigenvalue weighted by atomic mass is 10.0. The summed E-state index contributed by atoms with van der Waals surface area (Å²) in [6.07, 6.45) is 7.70. The van der Waals surface area contributed by atoms with E-state index in [-0.39, 0.29) is 6.04 Å². The third-order valence-electron chi connectivity index (χ3n) is 4.75. The fourth-order valence-corrected chi connectivity index (χ4v) is 3.28. The monoisotopic (exact) mass is 350 g/mol. The second-order valence-electron chi connectivity index (χ2n) is 6.94. The Bertz CT molecular complexity index is 466. The summed E-state index contributed by atoms with van der Waals surface area (Å²) in [5.41, 5.74) is 9.06. The van der Waals surface area contributed by atoms with Gasteiger partial charge in [-0.25, -0.2) is 0 Å². The van der Waals surface area contributed by atoms with Gasteiger partial charge in [-0.3, -0.25) is 0 Å². The summed E-state index contributed by atoms with van der Waals surface area (Å²) in [7, 11) is 0. The van der Waals surface area contributed by atoms with Gasteiger partial charge in [-0.15, -0.1) is 0 Å². The Morgan fingerprint density at radius 1 is 1.19 bits per heavy atom. The first-order valence-electron chi connectivity index (χ1n) is 8.44. The fraction of sp³-hybridized carbons (Fsp3) is 0.667. The maximum absolute atomic E-state index is 6.21. The summed E-state index contributed by atoms with van der Waals surface area (Å²) in [6, 6.07) is 7.01. The topological polar surface area (TPSA) is 29.3 Å². The average Bonchev–Trinajstić information content (AvgIpc) is 3.35. The average molecular weight is 351 g/mol. The second kappa shape index (κ2) is 6.70. The van der Waals surface area contributed by atoms with Crippen LogP contribution in [-0.2, 0) is 6.42 Å². The third kappa shape index (κ3) is 4.46. The molecule has 3 heteroatoms. The van der Waals surface area contributed by atoms with Crippen molar-refractivity contribution in [2.45, 2.75) is 51.5 Å². The molecule has 2 fully saturated rings. The van der Waals surface area contributed by atoms with Gasteiger partial charge in [-0.05, 0) is 68.1 Å². The molecule has 0 radical (unpaired) electrons. The predicted molar refractivity (Wildman–Crippen MR) is 93.8 cm³/mol. The third-order valence-corrected chi connectivity index (χ3v) is 5.24. The molecular formula is C18H27BrN2. The van der Waals surface area contributed by atoms with Gasteiger partial charge in [0.05, 0.1) is 0 Å². The summed E-state index contributed by atoms with van der Waals surface area (Å²) in [6.45, 7) is 4.65. The molecule has 2 saturated carbocycles. The molecule has 0 aromatic heterocycles. The first kappa shape index (κ1) is 15.4. The van der Waals surface area contributed by atoms with E-state index in [9.17, 15) is 0 Å². The Morgan fingerprint density at radius 2 is 1.81 bits per heavy atom. The highest BCUT2D eigenvalue weighted by Crippen LogP contribution is 2.37. The fourth-order valence-electron chi connectivity index (χ4n) is 2.93. The van der Waals surface area contributed by atoms with Crippen LogP contribution in [0.1, 0.15) is 44.6 Å². The van der Waals surface area contributed by atoms with Gasteiger partial charge in [0.15, 0.2) is 0 Å². The summed E-state index contributed by atoms with van der Waals surface area (Å²) >= 11 is 3.65. The molecule has 1 atom stereocenters. The van der Waals surface area contributed by atoms with Crippen LogP contribution in [0.5, 0.6) is 0 Å². The number of hydrogen-bond acceptors (Lipinski definition) is 2. The van der Waals surface area contributed by atoms with Crippen LogP contribution in [-0.4, -0.2) is 19.1 Å². The van der Waals surface area contributed by atoms with Crippen molar-refractivity contribution in [3.8, 4) is 0 Å². The Hall–Kier alpha value is -0.540. The molecule has 0 bridgehead atoms. The zero-order valence-electron chi connectivity index (χ0n) is 13.0. The first-order chi connectivity index (χ1) is 10.2. The van der Waals surface area contributed by atoms with Crippen LogP contribution >= 0.6 is 15.9 Å². The van der Waals surface area contributed by atoms with Crippen molar-refractivity contribution < 1.29 is 0 Å². The first-order valence-corrected chi connectivity index (χ1v) is 9.24. The van der Waals surface area contributed by atoms with Gasteiger partial charge < -0.3 is 10.6 Å². The van der Waals surface area contributed by atoms with Crippen molar-refractivity contribution in [3.05, 3.63) is 28.2 Å². The zero-order chi connectivity index (χ0) is 14.8. The predicted octanol–water partition coefficient (Wildman–Crippen LogP) is 4.36. The van der Waals surface area contributed by atoms with Crippen LogP contribution in [0, 0.1) is 11.8 Å². The van der Waals surface area contributed by atoms with Crippen LogP contribution in [0.3, 0.4) is 0 Å². The Balaban J connectivity index is 1.82. The lowest BCUT2D eigenvalue weighted by molar-refractivity contribution is 0.636. The molecule has 2 aliphatic rings. The molecule has 2 aliphatic carbocycles. The summed E-state index contributed by atoms with van der Waals surface area (Å²) < 4.78 is 1.18. The van der Waals surface area contributed by atoms with Crippen LogP contribution in [0.15, 0.2) is 22.7 Å². The Morgan fingerprint density at radius 3 is 2.33 bits per heavy atom. The van der Waals surface area contributed by atoms with Gasteiger partial charge in [0.25, 0.3) is 0 Å². The second-order valence-corrected chi connectivity index (χ2v) is 7.85. The largest absolute Gasteiger partial charge is 0.371 e. The van der Waals surface area contributed by atoms with E-state index in [1.807, 2.05) is 0 Å². The van der Waals surface area contributed by atoms with Crippen LogP contribution in [0.2, 0.25) is 0 Å². The molecule has 0 spiro atoms. The molecule has 0 aliphatic heterocycles. The van der Waals surface area contributed by atoms with Gasteiger partial charge in [0, 0.05) is 29.3 Å². The van der Waals surface area contributed by atoms with Gasteiger partial charge in [0.2, 0.25) is 0 Å². The Labute approximate surface area is 137 Å². The molecule has 0 saturated heterocycles. The molecule has 2 nitrogen and oxygen atoms in total. The highest BCUT2D eigenvalue weighted by molar-refractivity contribution is 9.10. The number of benzene rings is 1. The maximum Gasteiger partial charge on any atom is 0.0410 e. The van der Waals surface area contributed by atoms with E-state index < -0.39 is 0 Å². The molecule has 0 amide bonds. The SMILES string of the molecule is CCC(N)Cc1ccc(Br)cc1N(CC1CC1)CC1CC1. The molecule has 3 rings (SSSR count). The minimum Gasteiger partial charge on any atom is -0.371 e. The van der Waals surface area contributed by atoms with E-state index in [0.717, 1.165) is 24.7 Å². The van der Waals surface area contributed by atoms with E-state index in [1.165, 1.54) is 54.5 Å². The van der Waals surface area contributed by atoms with Crippen molar-refractivity contribution in [2.24, 2.45) is 17.6 Å². The number of nitrogens with two attached hydrogens (primary N) is 1. The van der Waals surface area contributed by atoms with Gasteiger partial charge in [-0.2, -0.15) is 0 Å². The van der Waals surface area contributed by atoms with Crippen molar-refractivity contribution in [1.82, 2.24) is 0 Å². The van der Waals surface area contributed by atoms with Crippen molar-refractivity contribution >= 4 is 21.6 Å². The summed E-state index contributed by atoms with van der Waals surface area (Å²) in [5, 5.41) is 0. The van der Waals surface area contributed by atoms with Crippen molar-refractivity contribution in [2.75, 3.05) is 18.0 Å². The van der Waals surface area contributed by atoms with Crippen molar-refractivity contribution in [1.29, 1.82) is 0 Å². The van der Waals surface area contributed by atoms with E-state index in [0.29, 0.717) is 0 Å².